The summed E-state index contributed by atoms with van der Waals surface area (Å²) in [6, 6.07) is 11.6. The number of benzene rings is 1. The van der Waals surface area contributed by atoms with Crippen LogP contribution in [0.5, 0.6) is 0 Å². The number of likely N-dealkylation sites (tertiary alicyclic amines) is 1. The zero-order chi connectivity index (χ0) is 20.5. The molecule has 0 amide bonds. The van der Waals surface area contributed by atoms with Gasteiger partial charge in [-0.15, -0.1) is 0 Å². The van der Waals surface area contributed by atoms with Crippen LogP contribution in [0.1, 0.15) is 33.1 Å². The Bertz CT molecular complexity index is 861. The lowest BCUT2D eigenvalue weighted by atomic mass is 10.1. The van der Waals surface area contributed by atoms with Gasteiger partial charge in [-0.3, -0.25) is 3.97 Å². The molecule has 4 rings (SSSR count). The largest absolute Gasteiger partial charge is 0.399 e. The minimum absolute atomic E-state index is 0.714. The van der Waals surface area contributed by atoms with E-state index in [1.165, 1.54) is 32.4 Å². The fourth-order valence-electron chi connectivity index (χ4n) is 3.02. The second-order valence-electron chi connectivity index (χ2n) is 6.41. The van der Waals surface area contributed by atoms with E-state index >= 15 is 0 Å². The Labute approximate surface area is 189 Å². The maximum Gasteiger partial charge on any atom is 0.152 e. The Morgan fingerprint density at radius 3 is 2.25 bits per heavy atom. The van der Waals surface area contributed by atoms with Crippen LogP contribution in [0.3, 0.4) is 0 Å². The predicted molar refractivity (Wildman–Crippen MR) is 134 cm³/mol. The first-order chi connectivity index (χ1) is 13.6. The molecule has 1 aromatic carbocycles. The number of rotatable bonds is 2. The van der Waals surface area contributed by atoms with Crippen molar-refractivity contribution in [3.8, 4) is 11.3 Å². The number of fused-ring (bicyclic) bond motifs is 1. The summed E-state index contributed by atoms with van der Waals surface area (Å²) in [6.07, 6.45) is 6.00. The first-order valence-corrected chi connectivity index (χ1v) is 13.3. The van der Waals surface area contributed by atoms with Gasteiger partial charge in [-0.05, 0) is 62.8 Å². The number of pyridine rings is 1. The molecular formula is C21H28ClIN4S. The van der Waals surface area contributed by atoms with E-state index in [4.69, 9.17) is 17.3 Å². The van der Waals surface area contributed by atoms with Gasteiger partial charge in [-0.2, -0.15) is 0 Å². The summed E-state index contributed by atoms with van der Waals surface area (Å²) < 4.78 is 2.06. The molecule has 3 aromatic rings. The van der Waals surface area contributed by atoms with Crippen molar-refractivity contribution >= 4 is 58.6 Å². The van der Waals surface area contributed by atoms with Crippen molar-refractivity contribution in [3.63, 3.8) is 0 Å². The van der Waals surface area contributed by atoms with Crippen LogP contribution in [-0.4, -0.2) is 34.0 Å². The second-order valence-corrected chi connectivity index (χ2v) is 8.50. The fourth-order valence-corrected chi connectivity index (χ4v) is 4.86. The average molecular weight is 531 g/mol. The van der Waals surface area contributed by atoms with Crippen LogP contribution in [0.15, 0.2) is 42.6 Å². The maximum atomic E-state index is 6.23. The van der Waals surface area contributed by atoms with E-state index in [-0.39, 0.29) is 0 Å². The number of nitrogens with two attached hydrogens (primary N) is 1. The SMILES string of the molecule is CC.CN1CCCCC1.Nc1ccc(-c2cc3c(Cl)ccnc3n2SI)cc1. The van der Waals surface area contributed by atoms with Gasteiger partial charge in [-0.1, -0.05) is 44.0 Å². The van der Waals surface area contributed by atoms with Gasteiger partial charge in [0, 0.05) is 47.6 Å². The smallest absolute Gasteiger partial charge is 0.152 e. The highest BCUT2D eigenvalue weighted by molar-refractivity contribution is 14.2. The van der Waals surface area contributed by atoms with E-state index < -0.39 is 0 Å². The van der Waals surface area contributed by atoms with E-state index in [1.807, 2.05) is 38.1 Å². The molecule has 4 nitrogen and oxygen atoms in total. The number of anilines is 1. The second kappa shape index (κ2) is 11.9. The number of nitrogen functional groups attached to an aromatic ring is 1. The Kier molecular flexibility index (Phi) is 9.91. The Morgan fingerprint density at radius 2 is 1.71 bits per heavy atom. The molecule has 1 aliphatic rings. The molecule has 0 spiro atoms. The Hall–Kier alpha value is -0.960. The molecule has 2 aromatic heterocycles. The molecule has 1 aliphatic heterocycles. The summed E-state index contributed by atoms with van der Waals surface area (Å²) in [5.74, 6) is 0. The van der Waals surface area contributed by atoms with Gasteiger partial charge >= 0.3 is 0 Å². The first-order valence-electron chi connectivity index (χ1n) is 9.59. The lowest BCUT2D eigenvalue weighted by Crippen LogP contribution is -2.24. The van der Waals surface area contributed by atoms with Crippen LogP contribution in [-0.2, 0) is 0 Å². The van der Waals surface area contributed by atoms with Gasteiger partial charge < -0.3 is 10.6 Å². The molecule has 2 N–H and O–H groups in total. The number of aromatic nitrogens is 2. The topological polar surface area (TPSA) is 47.1 Å². The number of halogens is 2. The molecule has 0 saturated carbocycles. The van der Waals surface area contributed by atoms with E-state index in [9.17, 15) is 0 Å². The summed E-state index contributed by atoms with van der Waals surface area (Å²) in [7, 11) is 3.77. The van der Waals surface area contributed by atoms with Crippen molar-refractivity contribution in [2.24, 2.45) is 0 Å². The molecule has 0 radical (unpaired) electrons. The van der Waals surface area contributed by atoms with Crippen molar-refractivity contribution in [1.29, 1.82) is 0 Å². The van der Waals surface area contributed by atoms with Crippen LogP contribution < -0.4 is 5.73 Å². The predicted octanol–water partition coefficient (Wildman–Crippen LogP) is 6.91. The Balaban J connectivity index is 0.000000261. The van der Waals surface area contributed by atoms with Gasteiger partial charge in [0.15, 0.2) is 5.65 Å². The quantitative estimate of drug-likeness (QED) is 0.289. The van der Waals surface area contributed by atoms with Crippen molar-refractivity contribution < 1.29 is 0 Å². The van der Waals surface area contributed by atoms with Crippen molar-refractivity contribution in [1.82, 2.24) is 13.9 Å². The van der Waals surface area contributed by atoms with Gasteiger partial charge in [0.1, 0.15) is 0 Å². The third-order valence-electron chi connectivity index (χ3n) is 4.46. The first kappa shape index (κ1) is 23.3. The molecule has 1 fully saturated rings. The van der Waals surface area contributed by atoms with E-state index in [2.05, 4.69) is 48.2 Å². The fraction of sp³-hybridized carbons (Fsp3) is 0.381. The van der Waals surface area contributed by atoms with Crippen LogP contribution in [0.2, 0.25) is 5.02 Å². The van der Waals surface area contributed by atoms with Crippen molar-refractivity contribution in [2.75, 3.05) is 25.9 Å². The number of hydrogen-bond acceptors (Lipinski definition) is 4. The van der Waals surface area contributed by atoms with E-state index in [1.54, 1.807) is 21.4 Å². The molecule has 28 heavy (non-hydrogen) atoms. The minimum atomic E-state index is 0.714. The molecule has 0 bridgehead atoms. The third kappa shape index (κ3) is 6.02. The highest BCUT2D eigenvalue weighted by atomic mass is 127. The zero-order valence-corrected chi connectivity index (χ0v) is 20.4. The number of nitrogens with zero attached hydrogens (tertiary/aromatic N) is 3. The molecule has 7 heteroatoms. The molecule has 152 valence electrons. The monoisotopic (exact) mass is 530 g/mol. The van der Waals surface area contributed by atoms with Crippen LogP contribution in [0.4, 0.5) is 5.69 Å². The van der Waals surface area contributed by atoms with E-state index in [0.29, 0.717) is 5.02 Å². The highest BCUT2D eigenvalue weighted by Crippen LogP contribution is 2.36. The van der Waals surface area contributed by atoms with Crippen LogP contribution in [0.25, 0.3) is 22.3 Å². The summed E-state index contributed by atoms with van der Waals surface area (Å²) >= 11 is 8.47. The summed E-state index contributed by atoms with van der Waals surface area (Å²) in [4.78, 5) is 6.80. The zero-order valence-electron chi connectivity index (χ0n) is 16.7. The Morgan fingerprint density at radius 1 is 1.07 bits per heavy atom. The highest BCUT2D eigenvalue weighted by Gasteiger charge is 2.13. The summed E-state index contributed by atoms with van der Waals surface area (Å²) in [5, 5.41) is 1.67. The molecular weight excluding hydrogens is 503 g/mol. The van der Waals surface area contributed by atoms with Crippen LogP contribution in [0, 0.1) is 0 Å². The number of piperidine rings is 1. The normalized spacial score (nSPS) is 14.0. The maximum absolute atomic E-state index is 6.23. The average Bonchev–Trinajstić information content (AvgIpc) is 3.11. The van der Waals surface area contributed by atoms with Crippen molar-refractivity contribution in [3.05, 3.63) is 47.6 Å². The van der Waals surface area contributed by atoms with Gasteiger partial charge in [0.25, 0.3) is 0 Å². The number of hydrogen-bond donors (Lipinski definition) is 1. The summed E-state index contributed by atoms with van der Waals surface area (Å²) in [6.45, 7) is 6.64. The summed E-state index contributed by atoms with van der Waals surface area (Å²) in [5.41, 5.74) is 9.51. The van der Waals surface area contributed by atoms with Gasteiger partial charge in [0.2, 0.25) is 0 Å². The lowest BCUT2D eigenvalue weighted by Gasteiger charge is -2.20. The van der Waals surface area contributed by atoms with Gasteiger partial charge in [-0.25, -0.2) is 4.98 Å². The molecule has 0 unspecified atom stereocenters. The third-order valence-corrected chi connectivity index (χ3v) is 6.48. The standard InChI is InChI=1S/C13H9ClIN3S.C6H13N.C2H6/c14-11-5-6-17-13-10(11)7-12(18(13)19-15)8-1-3-9(16)4-2-8;1-7-5-3-2-4-6-7;1-2/h1-7H,16H2;2-6H2,1H3;1-2H3. The molecule has 1 saturated heterocycles. The minimum Gasteiger partial charge on any atom is -0.399 e. The van der Waals surface area contributed by atoms with E-state index in [0.717, 1.165) is 28.0 Å². The molecule has 0 aliphatic carbocycles. The van der Waals surface area contributed by atoms with Crippen LogP contribution >= 0.6 is 41.9 Å². The lowest BCUT2D eigenvalue weighted by molar-refractivity contribution is 0.277. The van der Waals surface area contributed by atoms with Crippen molar-refractivity contribution in [2.45, 2.75) is 33.1 Å². The molecule has 3 heterocycles. The molecule has 0 atom stereocenters. The van der Waals surface area contributed by atoms with Gasteiger partial charge in [0.05, 0.1) is 10.7 Å².